The Bertz CT molecular complexity index is 1110. The minimum atomic E-state index is -3.25. The van der Waals surface area contributed by atoms with Gasteiger partial charge in [-0.2, -0.15) is 0 Å². The summed E-state index contributed by atoms with van der Waals surface area (Å²) < 4.78 is 29.0. The van der Waals surface area contributed by atoms with E-state index < -0.39 is 9.84 Å². The van der Waals surface area contributed by atoms with Crippen molar-refractivity contribution in [3.63, 3.8) is 0 Å². The molecular weight excluding hydrogens is 408 g/mol. The van der Waals surface area contributed by atoms with Gasteiger partial charge in [0, 0.05) is 11.6 Å². The molecule has 0 saturated carbocycles. The molecule has 0 unspecified atom stereocenters. The molecule has 2 aromatic carbocycles. The van der Waals surface area contributed by atoms with Gasteiger partial charge in [0.15, 0.2) is 9.84 Å². The second-order valence-corrected chi connectivity index (χ2v) is 9.76. The third-order valence-electron chi connectivity index (χ3n) is 4.33. The fourth-order valence-electron chi connectivity index (χ4n) is 2.77. The van der Waals surface area contributed by atoms with Crippen molar-refractivity contribution < 1.29 is 17.9 Å². The van der Waals surface area contributed by atoms with Gasteiger partial charge in [0.1, 0.15) is 12.4 Å². The molecule has 0 fully saturated rings. The number of nitrogens with zero attached hydrogens (tertiary/aromatic N) is 1. The summed E-state index contributed by atoms with van der Waals surface area (Å²) in [7, 11) is -3.25. The number of hydrogen-bond acceptors (Lipinski definition) is 6. The van der Waals surface area contributed by atoms with Crippen molar-refractivity contribution >= 4 is 27.1 Å². The van der Waals surface area contributed by atoms with E-state index in [9.17, 15) is 13.2 Å². The van der Waals surface area contributed by atoms with E-state index in [-0.39, 0.29) is 23.5 Å². The van der Waals surface area contributed by atoms with Crippen LogP contribution in [0.1, 0.15) is 39.6 Å². The van der Waals surface area contributed by atoms with Crippen LogP contribution in [0.3, 0.4) is 0 Å². The molecule has 0 aliphatic rings. The van der Waals surface area contributed by atoms with Crippen LogP contribution in [0.25, 0.3) is 0 Å². The van der Waals surface area contributed by atoms with Gasteiger partial charge >= 0.3 is 0 Å². The SMILES string of the molecule is Cc1nc(COc2ccccc2C(=O)N[C@@H](C)c2ccc(S(C)(=O)=O)cc2)cs1. The van der Waals surface area contributed by atoms with E-state index in [0.29, 0.717) is 11.3 Å². The fraction of sp³-hybridized carbons (Fsp3) is 0.238. The zero-order valence-electron chi connectivity index (χ0n) is 16.4. The Balaban J connectivity index is 1.70. The number of para-hydroxylation sites is 1. The normalized spacial score (nSPS) is 12.4. The third kappa shape index (κ3) is 5.42. The molecule has 0 aliphatic heterocycles. The number of hydrogen-bond donors (Lipinski definition) is 1. The summed E-state index contributed by atoms with van der Waals surface area (Å²) in [6, 6.07) is 13.2. The maximum Gasteiger partial charge on any atom is 0.255 e. The number of aromatic nitrogens is 1. The molecule has 29 heavy (non-hydrogen) atoms. The van der Waals surface area contributed by atoms with Crippen LogP contribution in [0.5, 0.6) is 5.75 Å². The summed E-state index contributed by atoms with van der Waals surface area (Å²) in [5.41, 5.74) is 2.06. The smallest absolute Gasteiger partial charge is 0.255 e. The summed E-state index contributed by atoms with van der Waals surface area (Å²) in [6.45, 7) is 4.06. The average molecular weight is 431 g/mol. The first-order chi connectivity index (χ1) is 13.7. The zero-order valence-corrected chi connectivity index (χ0v) is 18.0. The number of nitrogens with one attached hydrogen (secondary N) is 1. The van der Waals surface area contributed by atoms with Gasteiger partial charge in [0.05, 0.1) is 27.2 Å². The quantitative estimate of drug-likeness (QED) is 0.614. The number of sulfone groups is 1. The Hall–Kier alpha value is -2.71. The molecule has 6 nitrogen and oxygen atoms in total. The van der Waals surface area contributed by atoms with Crippen molar-refractivity contribution in [1.29, 1.82) is 0 Å². The Morgan fingerprint density at radius 2 is 1.86 bits per heavy atom. The van der Waals surface area contributed by atoms with E-state index >= 15 is 0 Å². The minimum Gasteiger partial charge on any atom is -0.486 e. The average Bonchev–Trinajstić information content (AvgIpc) is 3.11. The lowest BCUT2D eigenvalue weighted by molar-refractivity contribution is 0.0935. The van der Waals surface area contributed by atoms with E-state index in [4.69, 9.17) is 4.74 Å². The molecule has 0 radical (unpaired) electrons. The highest BCUT2D eigenvalue weighted by molar-refractivity contribution is 7.90. The van der Waals surface area contributed by atoms with E-state index in [2.05, 4.69) is 10.3 Å². The van der Waals surface area contributed by atoms with Gasteiger partial charge < -0.3 is 10.1 Å². The van der Waals surface area contributed by atoms with Crippen LogP contribution in [0.15, 0.2) is 58.8 Å². The Kier molecular flexibility index (Phi) is 6.34. The summed E-state index contributed by atoms with van der Waals surface area (Å²) in [4.78, 5) is 17.4. The lowest BCUT2D eigenvalue weighted by Crippen LogP contribution is -2.27. The maximum absolute atomic E-state index is 12.8. The molecule has 3 aromatic rings. The predicted octanol–water partition coefficient (Wildman–Crippen LogP) is 3.93. The molecule has 152 valence electrons. The predicted molar refractivity (Wildman–Crippen MR) is 113 cm³/mol. The van der Waals surface area contributed by atoms with E-state index in [0.717, 1.165) is 22.5 Å². The summed E-state index contributed by atoms with van der Waals surface area (Å²) in [5, 5.41) is 5.83. The molecule has 0 saturated heterocycles. The Labute approximate surface area is 174 Å². The van der Waals surface area contributed by atoms with Gasteiger partial charge in [0.2, 0.25) is 0 Å². The zero-order chi connectivity index (χ0) is 21.0. The molecule has 0 bridgehead atoms. The van der Waals surface area contributed by atoms with Gasteiger partial charge in [-0.25, -0.2) is 13.4 Å². The second-order valence-electron chi connectivity index (χ2n) is 6.68. The number of amides is 1. The number of aryl methyl sites for hydroxylation is 1. The molecule has 0 spiro atoms. The number of rotatable bonds is 7. The van der Waals surface area contributed by atoms with Crippen LogP contribution >= 0.6 is 11.3 Å². The maximum atomic E-state index is 12.8. The van der Waals surface area contributed by atoms with Gasteiger partial charge in [0.25, 0.3) is 5.91 Å². The number of thiazole rings is 1. The van der Waals surface area contributed by atoms with Crippen molar-refractivity contribution in [1.82, 2.24) is 10.3 Å². The number of carbonyl (C=O) groups excluding carboxylic acids is 1. The van der Waals surface area contributed by atoms with Crippen LogP contribution in [0.2, 0.25) is 0 Å². The number of carbonyl (C=O) groups is 1. The summed E-state index contributed by atoms with van der Waals surface area (Å²) in [5.74, 6) is 0.213. The van der Waals surface area contributed by atoms with Crippen molar-refractivity contribution in [3.05, 3.63) is 75.7 Å². The minimum absolute atomic E-state index is 0.246. The van der Waals surface area contributed by atoms with Crippen molar-refractivity contribution in [3.8, 4) is 5.75 Å². The lowest BCUT2D eigenvalue weighted by Gasteiger charge is -2.16. The summed E-state index contributed by atoms with van der Waals surface area (Å²) >= 11 is 1.55. The third-order valence-corrected chi connectivity index (χ3v) is 6.28. The van der Waals surface area contributed by atoms with Crippen LogP contribution in [0.4, 0.5) is 0 Å². The first kappa shape index (κ1) is 21.0. The molecule has 8 heteroatoms. The molecule has 1 amide bonds. The van der Waals surface area contributed by atoms with Crippen LogP contribution in [-0.2, 0) is 16.4 Å². The molecule has 0 aliphatic carbocycles. The van der Waals surface area contributed by atoms with Crippen molar-refractivity contribution in [2.24, 2.45) is 0 Å². The van der Waals surface area contributed by atoms with Gasteiger partial charge in [-0.3, -0.25) is 4.79 Å². The van der Waals surface area contributed by atoms with Gasteiger partial charge in [-0.15, -0.1) is 11.3 Å². The highest BCUT2D eigenvalue weighted by atomic mass is 32.2. The van der Waals surface area contributed by atoms with Crippen LogP contribution in [-0.4, -0.2) is 25.6 Å². The topological polar surface area (TPSA) is 85.4 Å². The molecule has 1 heterocycles. The molecule has 1 N–H and O–H groups in total. The number of benzene rings is 2. The molecule has 3 rings (SSSR count). The Morgan fingerprint density at radius 1 is 1.17 bits per heavy atom. The van der Waals surface area contributed by atoms with E-state index in [1.54, 1.807) is 53.8 Å². The fourth-order valence-corrected chi connectivity index (χ4v) is 4.00. The van der Waals surface area contributed by atoms with E-state index in [1.807, 2.05) is 25.3 Å². The number of ether oxygens (including phenoxy) is 1. The van der Waals surface area contributed by atoms with E-state index in [1.165, 1.54) is 0 Å². The lowest BCUT2D eigenvalue weighted by atomic mass is 10.1. The standard InChI is InChI=1S/C21H22N2O4S2/c1-14(16-8-10-18(11-9-16)29(3,25)26)22-21(24)19-6-4-5-7-20(19)27-12-17-13-28-15(2)23-17/h4-11,13-14H,12H2,1-3H3,(H,22,24)/t14-/m0/s1. The highest BCUT2D eigenvalue weighted by Gasteiger charge is 2.16. The molecule has 1 atom stereocenters. The largest absolute Gasteiger partial charge is 0.486 e. The molecule has 1 aromatic heterocycles. The van der Waals surface area contributed by atoms with Gasteiger partial charge in [-0.05, 0) is 43.7 Å². The summed E-state index contributed by atoms with van der Waals surface area (Å²) in [6.07, 6.45) is 1.16. The first-order valence-corrected chi connectivity index (χ1v) is 11.7. The van der Waals surface area contributed by atoms with Crippen LogP contribution in [0, 0.1) is 6.92 Å². The Morgan fingerprint density at radius 3 is 2.48 bits per heavy atom. The van der Waals surface area contributed by atoms with Gasteiger partial charge in [-0.1, -0.05) is 24.3 Å². The molecular formula is C21H22N2O4S2. The van der Waals surface area contributed by atoms with Crippen molar-refractivity contribution in [2.45, 2.75) is 31.4 Å². The van der Waals surface area contributed by atoms with Crippen molar-refractivity contribution in [2.75, 3.05) is 6.26 Å². The first-order valence-electron chi connectivity index (χ1n) is 8.98. The second kappa shape index (κ2) is 8.75. The van der Waals surface area contributed by atoms with Crippen LogP contribution < -0.4 is 10.1 Å². The highest BCUT2D eigenvalue weighted by Crippen LogP contribution is 2.22. The monoisotopic (exact) mass is 430 g/mol.